The molecule has 0 aliphatic carbocycles. The Kier molecular flexibility index (Phi) is 4.61. The van der Waals surface area contributed by atoms with Crippen molar-refractivity contribution in [1.82, 2.24) is 19.8 Å². The summed E-state index contributed by atoms with van der Waals surface area (Å²) in [4.78, 5) is 14.9. The van der Waals surface area contributed by atoms with E-state index in [1.807, 2.05) is 9.58 Å². The third-order valence-corrected chi connectivity index (χ3v) is 6.32. The quantitative estimate of drug-likeness (QED) is 0.618. The minimum atomic E-state index is -0.0852. The number of nitrogens with zero attached hydrogens (tertiary/aromatic N) is 4. The molecule has 1 amide bonds. The maximum atomic E-state index is 13.1. The van der Waals surface area contributed by atoms with E-state index in [-0.39, 0.29) is 12.0 Å². The number of rotatable bonds is 2. The fourth-order valence-electron chi connectivity index (χ4n) is 4.07. The van der Waals surface area contributed by atoms with E-state index in [1.165, 1.54) is 0 Å². The van der Waals surface area contributed by atoms with Crippen LogP contribution in [-0.2, 0) is 30.7 Å². The van der Waals surface area contributed by atoms with Crippen molar-refractivity contribution in [3.05, 3.63) is 56.9 Å². The first-order valence-corrected chi connectivity index (χ1v) is 10.1. The number of halogens is 2. The van der Waals surface area contributed by atoms with E-state index in [0.29, 0.717) is 48.1 Å². The first-order valence-electron chi connectivity index (χ1n) is 9.34. The molecule has 0 spiro atoms. The van der Waals surface area contributed by atoms with Crippen LogP contribution in [0.15, 0.2) is 29.0 Å². The lowest BCUT2D eigenvalue weighted by molar-refractivity contribution is 0.0734. The molecular formula is C20H18Cl2N4O3. The van der Waals surface area contributed by atoms with Gasteiger partial charge >= 0.3 is 0 Å². The van der Waals surface area contributed by atoms with E-state index >= 15 is 0 Å². The number of hydrogen-bond acceptors (Lipinski definition) is 5. The zero-order valence-electron chi connectivity index (χ0n) is 15.7. The van der Waals surface area contributed by atoms with E-state index < -0.39 is 0 Å². The summed E-state index contributed by atoms with van der Waals surface area (Å²) < 4.78 is 12.8. The smallest absolute Gasteiger partial charge is 0.254 e. The number of methoxy groups -OCH3 is 1. The highest BCUT2D eigenvalue weighted by molar-refractivity contribution is 6.42. The molecule has 2 aliphatic heterocycles. The number of carbonyl (C=O) groups is 1. The second-order valence-electron chi connectivity index (χ2n) is 7.31. The molecule has 0 N–H and O–H groups in total. The number of hydrogen-bond donors (Lipinski definition) is 0. The summed E-state index contributed by atoms with van der Waals surface area (Å²) in [5.74, 6) is -0.0852. The van der Waals surface area contributed by atoms with Gasteiger partial charge in [0.2, 0.25) is 0 Å². The van der Waals surface area contributed by atoms with Crippen LogP contribution in [0.1, 0.15) is 27.2 Å². The van der Waals surface area contributed by atoms with Gasteiger partial charge in [-0.15, -0.1) is 0 Å². The van der Waals surface area contributed by atoms with Gasteiger partial charge in [0.15, 0.2) is 0 Å². The molecule has 3 aromatic rings. The van der Waals surface area contributed by atoms with E-state index in [2.05, 4.69) is 5.16 Å². The van der Waals surface area contributed by atoms with E-state index in [1.54, 1.807) is 31.6 Å². The lowest BCUT2D eigenvalue weighted by Crippen LogP contribution is -2.36. The van der Waals surface area contributed by atoms with Gasteiger partial charge in [-0.2, -0.15) is 5.10 Å². The molecule has 1 unspecified atom stereocenters. The van der Waals surface area contributed by atoms with E-state index in [0.717, 1.165) is 28.2 Å². The van der Waals surface area contributed by atoms with Crippen LogP contribution in [0, 0.1) is 0 Å². The number of ether oxygens (including phenoxy) is 1. The molecule has 0 bridgehead atoms. The molecule has 0 saturated heterocycles. The number of benzene rings is 1. The summed E-state index contributed by atoms with van der Waals surface area (Å²) in [6.07, 6.45) is 3.04. The third-order valence-electron chi connectivity index (χ3n) is 5.58. The first-order chi connectivity index (χ1) is 14.0. The highest BCUT2D eigenvalue weighted by atomic mass is 35.5. The minimum Gasteiger partial charge on any atom is -0.379 e. The molecule has 5 rings (SSSR count). The summed E-state index contributed by atoms with van der Waals surface area (Å²) >= 11 is 12.1. The number of amides is 1. The summed E-state index contributed by atoms with van der Waals surface area (Å²) in [5, 5.41) is 9.82. The minimum absolute atomic E-state index is 0.00954. The van der Waals surface area contributed by atoms with Crippen molar-refractivity contribution in [2.24, 2.45) is 0 Å². The lowest BCUT2D eigenvalue weighted by atomic mass is 10.0. The Labute approximate surface area is 177 Å². The molecule has 0 saturated carbocycles. The molecule has 2 aliphatic rings. The molecule has 0 radical (unpaired) electrons. The Morgan fingerprint density at radius 1 is 1.31 bits per heavy atom. The standard InChI is InChI=1S/C20H18Cl2N4O3/c1-28-13-6-12-10-29-24-18(12)19-14-9-25(5-4-17(14)23-26(19)8-13)20(27)11-2-3-15(21)16(22)7-11/h2-3,7,10,13H,4-6,8-9H2,1H3. The topological polar surface area (TPSA) is 73.4 Å². The van der Waals surface area contributed by atoms with E-state index in [4.69, 9.17) is 37.6 Å². The molecule has 7 nitrogen and oxygen atoms in total. The Morgan fingerprint density at radius 3 is 2.97 bits per heavy atom. The van der Waals surface area contributed by atoms with Crippen molar-refractivity contribution < 1.29 is 14.1 Å². The van der Waals surface area contributed by atoms with Crippen LogP contribution in [0.5, 0.6) is 0 Å². The van der Waals surface area contributed by atoms with Gasteiger partial charge in [0.1, 0.15) is 12.0 Å². The van der Waals surface area contributed by atoms with Crippen LogP contribution >= 0.6 is 23.2 Å². The molecule has 150 valence electrons. The largest absolute Gasteiger partial charge is 0.379 e. The monoisotopic (exact) mass is 432 g/mol. The third kappa shape index (κ3) is 3.13. The Balaban J connectivity index is 1.51. The van der Waals surface area contributed by atoms with Gasteiger partial charge < -0.3 is 14.2 Å². The van der Waals surface area contributed by atoms with Crippen molar-refractivity contribution in [3.63, 3.8) is 0 Å². The second-order valence-corrected chi connectivity index (χ2v) is 8.13. The Morgan fingerprint density at radius 2 is 2.17 bits per heavy atom. The average molecular weight is 433 g/mol. The lowest BCUT2D eigenvalue weighted by Gasteiger charge is -2.27. The highest BCUT2D eigenvalue weighted by Crippen LogP contribution is 2.35. The normalized spacial score (nSPS) is 18.0. The Bertz CT molecular complexity index is 1110. The van der Waals surface area contributed by atoms with E-state index in [9.17, 15) is 4.79 Å². The summed E-state index contributed by atoms with van der Waals surface area (Å²) in [5.41, 5.74) is 5.20. The Hall–Kier alpha value is -2.35. The maximum Gasteiger partial charge on any atom is 0.254 e. The first kappa shape index (κ1) is 18.7. The van der Waals surface area contributed by atoms with Crippen LogP contribution in [0.3, 0.4) is 0 Å². The molecule has 0 fully saturated rings. The van der Waals surface area contributed by atoms with Crippen LogP contribution < -0.4 is 0 Å². The SMILES string of the molecule is COC1Cc2conc2-c2c3c(nn2C1)CCN(C(=O)c1ccc(Cl)c(Cl)c1)C3. The predicted molar refractivity (Wildman–Crippen MR) is 107 cm³/mol. The van der Waals surface area contributed by atoms with Crippen molar-refractivity contribution >= 4 is 29.1 Å². The van der Waals surface area contributed by atoms with Crippen molar-refractivity contribution in [2.45, 2.75) is 32.0 Å². The van der Waals surface area contributed by atoms with Gasteiger partial charge in [-0.3, -0.25) is 9.48 Å². The fraction of sp³-hybridized carbons (Fsp3) is 0.350. The molecule has 29 heavy (non-hydrogen) atoms. The number of fused-ring (bicyclic) bond motifs is 5. The molecule has 1 aromatic carbocycles. The van der Waals surface area contributed by atoms with Gasteiger partial charge in [-0.05, 0) is 18.2 Å². The van der Waals surface area contributed by atoms with Crippen LogP contribution in [0.2, 0.25) is 10.0 Å². The summed E-state index contributed by atoms with van der Waals surface area (Å²) in [6.45, 7) is 1.67. The zero-order valence-corrected chi connectivity index (χ0v) is 17.2. The summed E-state index contributed by atoms with van der Waals surface area (Å²) in [7, 11) is 1.70. The average Bonchev–Trinajstić information content (AvgIpc) is 3.28. The van der Waals surface area contributed by atoms with Gasteiger partial charge in [0, 0.05) is 43.2 Å². The molecular weight excluding hydrogens is 415 g/mol. The fourth-order valence-corrected chi connectivity index (χ4v) is 4.36. The number of carbonyl (C=O) groups excluding carboxylic acids is 1. The van der Waals surface area contributed by atoms with Crippen LogP contribution in [-0.4, -0.2) is 45.5 Å². The maximum absolute atomic E-state index is 13.1. The van der Waals surface area contributed by atoms with Gasteiger partial charge in [0.05, 0.1) is 40.6 Å². The van der Waals surface area contributed by atoms with Crippen LogP contribution in [0.25, 0.3) is 11.4 Å². The molecule has 2 aromatic heterocycles. The van der Waals surface area contributed by atoms with Crippen molar-refractivity contribution in [2.75, 3.05) is 13.7 Å². The van der Waals surface area contributed by atoms with Crippen molar-refractivity contribution in [1.29, 1.82) is 0 Å². The van der Waals surface area contributed by atoms with Gasteiger partial charge in [-0.25, -0.2) is 0 Å². The molecule has 9 heteroatoms. The zero-order chi connectivity index (χ0) is 20.1. The molecule has 4 heterocycles. The highest BCUT2D eigenvalue weighted by Gasteiger charge is 2.33. The predicted octanol–water partition coefficient (Wildman–Crippen LogP) is 3.61. The van der Waals surface area contributed by atoms with Crippen molar-refractivity contribution in [3.8, 4) is 11.4 Å². The van der Waals surface area contributed by atoms with Gasteiger partial charge in [-0.1, -0.05) is 28.4 Å². The second kappa shape index (κ2) is 7.16. The van der Waals surface area contributed by atoms with Gasteiger partial charge in [0.25, 0.3) is 5.91 Å². The number of aromatic nitrogens is 3. The summed E-state index contributed by atoms with van der Waals surface area (Å²) in [6, 6.07) is 4.95. The molecule has 1 atom stereocenters. The van der Waals surface area contributed by atoms with Crippen LogP contribution in [0.4, 0.5) is 0 Å².